The number of H-pyrrole nitrogens is 2. The molecule has 6 aliphatic rings. The number of halogens is 4. The standard InChI is InChI=1S/C30H32FN7O4.C22H17NO2.C21H24ClFN6O2.C13H11N.C9H7BrO2.C9H9NO2/c1-37-9-11-38(12-10-37)25(17-41-2)28(39)35-24-5-3-4-21-22(15-32-27(21)24)26-23(31)16-33-30(36-26)34-19-6-7-20-18(14-19)8-13-42-29(20)40;24-22-20-12-11-19(15-18(20)13-14-25-22)23-21(16-7-3-1-4-8-16)17-9-5-2-6-10-17;1-28-6-8-29(9-7-28)17(12-31-2)20(30)26-16-5-3-4-13-14(10-24-19(13)16)18-15(23)11-25-21(22)27-18;14-13(11-7-3-1-4-8-11)12-9-5-2-6-10-12;2*10-7-1-2-8-6(5-7)3-4-12-9(8)11/h3-7,14-16,25,32H,8-13,17H2,1-2H3,(H,35,39)(H,33,34,36);1-12,15H,13-14H2;3-5,10-11,17,24H,6-9,12H2,1-2H3,(H,26,30);1-10,14H;1-2,5H,3-4H2;1-2,5H,3-4,10H2/t25-;;17-;;;/m1.1.../s1. The monoisotopic (exact) mass is 1920 g/mol. The molecule has 10 heterocycles. The zero-order chi connectivity index (χ0) is 95.1. The molecule has 10 aromatic carbocycles. The van der Waals surface area contributed by atoms with Gasteiger partial charge in [0.05, 0.1) is 114 Å². The fourth-order valence-electron chi connectivity index (χ4n) is 16.3. The number of aromatic nitrogens is 6. The van der Waals surface area contributed by atoms with Crippen molar-refractivity contribution in [1.82, 2.24) is 49.5 Å². The Morgan fingerprint density at radius 2 is 0.897 bits per heavy atom. The maximum Gasteiger partial charge on any atom is 0.338 e. The summed E-state index contributed by atoms with van der Waals surface area (Å²) in [6.45, 7) is 9.00. The highest BCUT2D eigenvalue weighted by atomic mass is 79.9. The maximum absolute atomic E-state index is 15.1. The molecular weight excluding hydrogens is 1820 g/mol. The number of carbonyl (C=O) groups is 6. The minimum Gasteiger partial charge on any atom is -0.462 e. The first-order valence-corrected chi connectivity index (χ1v) is 45.4. The molecule has 0 radical (unpaired) electrons. The molecule has 0 saturated carbocycles. The third kappa shape index (κ3) is 24.2. The topological polar surface area (TPSA) is 352 Å². The predicted molar refractivity (Wildman–Crippen MR) is 524 cm³/mol. The number of anilines is 5. The Morgan fingerprint density at radius 1 is 0.493 bits per heavy atom. The molecule has 696 valence electrons. The number of benzene rings is 10. The van der Waals surface area contributed by atoms with E-state index in [9.17, 15) is 33.2 Å². The van der Waals surface area contributed by atoms with E-state index < -0.39 is 23.7 Å². The van der Waals surface area contributed by atoms with E-state index in [4.69, 9.17) is 56.2 Å². The number of hydrogen-bond acceptors (Lipinski definition) is 24. The fraction of sp³-hybridized carbons (Fsp3) is 0.231. The van der Waals surface area contributed by atoms with E-state index in [0.29, 0.717) is 123 Å². The van der Waals surface area contributed by atoms with Crippen LogP contribution in [0, 0.1) is 17.0 Å². The summed E-state index contributed by atoms with van der Waals surface area (Å²) >= 11 is 9.21. The second kappa shape index (κ2) is 46.0. The number of aromatic amines is 2. The van der Waals surface area contributed by atoms with Crippen molar-refractivity contribution < 1.29 is 66.0 Å². The number of nitrogens with zero attached hydrogens (tertiary/aromatic N) is 9. The first kappa shape index (κ1) is 96.2. The highest BCUT2D eigenvalue weighted by Crippen LogP contribution is 2.37. The van der Waals surface area contributed by atoms with E-state index in [1.54, 1.807) is 69.1 Å². The summed E-state index contributed by atoms with van der Waals surface area (Å²) in [7, 11) is 7.32. The van der Waals surface area contributed by atoms with Crippen LogP contribution >= 0.6 is 27.5 Å². The van der Waals surface area contributed by atoms with Crippen LogP contribution in [0.3, 0.4) is 0 Å². The van der Waals surface area contributed by atoms with Crippen molar-refractivity contribution in [2.75, 3.05) is 142 Å². The fourth-order valence-corrected chi connectivity index (χ4v) is 16.9. The molecule has 8 N–H and O–H groups in total. The quantitative estimate of drug-likeness (QED) is 0.0130. The molecule has 14 aromatic rings. The Labute approximate surface area is 797 Å². The second-order valence-corrected chi connectivity index (χ2v) is 33.8. The third-order valence-electron chi connectivity index (χ3n) is 23.5. The van der Waals surface area contributed by atoms with Crippen molar-refractivity contribution in [3.05, 3.63) is 343 Å². The molecule has 28 nitrogen and oxygen atoms in total. The van der Waals surface area contributed by atoms with Gasteiger partial charge in [0.25, 0.3) is 0 Å². The number of nitrogens with two attached hydrogens (primary N) is 1. The predicted octanol–water partition coefficient (Wildman–Crippen LogP) is 16.9. The van der Waals surface area contributed by atoms with Gasteiger partial charge in [0, 0.05) is 154 Å². The smallest absolute Gasteiger partial charge is 0.338 e. The van der Waals surface area contributed by atoms with Crippen LogP contribution in [-0.2, 0) is 63.7 Å². The number of likely N-dealkylation sites (N-methyl/N-ethyl adjacent to an activating group) is 2. The molecule has 136 heavy (non-hydrogen) atoms. The Hall–Kier alpha value is -14.4. The average Bonchev–Trinajstić information content (AvgIpc) is 1.63. The Bertz CT molecular complexity index is 6520. The lowest BCUT2D eigenvalue weighted by atomic mass is 10.0. The van der Waals surface area contributed by atoms with E-state index >= 15 is 4.39 Å². The number of cyclic esters (lactones) is 4. The Kier molecular flexibility index (Phi) is 32.5. The molecule has 2 fully saturated rings. The minimum atomic E-state index is -0.584. The third-order valence-corrected chi connectivity index (χ3v) is 24.2. The van der Waals surface area contributed by atoms with E-state index in [0.717, 1.165) is 144 Å². The Morgan fingerprint density at radius 3 is 1.36 bits per heavy atom. The molecule has 4 aromatic heterocycles. The van der Waals surface area contributed by atoms with Gasteiger partial charge in [-0.05, 0) is 144 Å². The zero-order valence-electron chi connectivity index (χ0n) is 75.1. The number of esters is 4. The summed E-state index contributed by atoms with van der Waals surface area (Å²) in [6, 6.07) is 71.7. The number of nitrogen functional groups attached to an aromatic ring is 1. The molecule has 6 aliphatic heterocycles. The largest absolute Gasteiger partial charge is 0.462 e. The number of amides is 2. The molecular formula is C104H100BrClF2N16O12. The van der Waals surface area contributed by atoms with Crippen molar-refractivity contribution in [3.8, 4) is 22.5 Å². The van der Waals surface area contributed by atoms with Gasteiger partial charge in [0.15, 0.2) is 11.6 Å². The minimum absolute atomic E-state index is 0.0372. The zero-order valence-corrected chi connectivity index (χ0v) is 77.5. The van der Waals surface area contributed by atoms with Crippen molar-refractivity contribution in [2.24, 2.45) is 4.99 Å². The number of nitrogens with one attached hydrogen (secondary N) is 6. The summed E-state index contributed by atoms with van der Waals surface area (Å²) < 4.78 is 61.1. The SMILES string of the molecule is COC[C@H](C(=O)Nc1cccc2c(-c3nc(Cl)ncc3F)c[nH]c12)N1CCN(C)CC1.COC[C@H](C(=O)Nc1cccc2c(-c3nc(Nc4ccc5c(c4)CCOC5=O)ncc3F)c[nH]c12)N1CCN(C)CC1.N=C(c1ccccc1)c1ccccc1.Nc1ccc2c(c1)CCOC2=O.O=C1OCCc2cc(Br)ccc21.O=C1OCCc2cc(N=C(c3ccccc3)c3ccccc3)ccc21. The van der Waals surface area contributed by atoms with Gasteiger partial charge in [-0.1, -0.05) is 162 Å². The molecule has 0 unspecified atom stereocenters. The summed E-state index contributed by atoms with van der Waals surface area (Å²) in [6.07, 6.45) is 8.42. The van der Waals surface area contributed by atoms with Crippen molar-refractivity contribution in [1.29, 1.82) is 5.41 Å². The van der Waals surface area contributed by atoms with E-state index in [2.05, 4.69) is 120 Å². The van der Waals surface area contributed by atoms with Crippen molar-refractivity contribution in [2.45, 2.75) is 37.8 Å². The van der Waals surface area contributed by atoms with E-state index in [1.807, 2.05) is 164 Å². The molecule has 2 atom stereocenters. The summed E-state index contributed by atoms with van der Waals surface area (Å²) in [5.74, 6) is -2.29. The summed E-state index contributed by atoms with van der Waals surface area (Å²) in [5.41, 5.74) is 23.6. The molecule has 0 bridgehead atoms. The highest BCUT2D eigenvalue weighted by molar-refractivity contribution is 9.10. The first-order chi connectivity index (χ1) is 66.1. The normalized spacial score (nSPS) is 14.9. The van der Waals surface area contributed by atoms with Gasteiger partial charge in [0.2, 0.25) is 23.0 Å². The van der Waals surface area contributed by atoms with Gasteiger partial charge < -0.3 is 69.9 Å². The lowest BCUT2D eigenvalue weighted by Gasteiger charge is -2.36. The Balaban J connectivity index is 0.000000132. The number of ether oxygens (including phenoxy) is 6. The second-order valence-electron chi connectivity index (χ2n) is 32.6. The summed E-state index contributed by atoms with van der Waals surface area (Å²) in [4.78, 5) is 109. The number of carbonyl (C=O) groups excluding carboxylic acids is 6. The van der Waals surface area contributed by atoms with Crippen LogP contribution in [0.15, 0.2) is 265 Å². The van der Waals surface area contributed by atoms with Crippen LogP contribution < -0.4 is 21.7 Å². The van der Waals surface area contributed by atoms with Gasteiger partial charge >= 0.3 is 23.9 Å². The number of aliphatic imine (C=N–C) groups is 1. The lowest BCUT2D eigenvalue weighted by Crippen LogP contribution is -2.54. The highest BCUT2D eigenvalue weighted by Gasteiger charge is 2.33. The van der Waals surface area contributed by atoms with Crippen molar-refractivity contribution in [3.63, 3.8) is 0 Å². The van der Waals surface area contributed by atoms with Crippen LogP contribution in [0.2, 0.25) is 5.28 Å². The van der Waals surface area contributed by atoms with Crippen LogP contribution in [0.5, 0.6) is 0 Å². The molecule has 0 aliphatic carbocycles. The maximum atomic E-state index is 15.1. The van der Waals surface area contributed by atoms with Gasteiger partial charge in [0.1, 0.15) is 23.5 Å². The van der Waals surface area contributed by atoms with E-state index in [-0.39, 0.29) is 64.9 Å². The van der Waals surface area contributed by atoms with Crippen LogP contribution in [0.4, 0.5) is 43.2 Å². The number of fused-ring (bicyclic) bond motifs is 6. The van der Waals surface area contributed by atoms with Gasteiger partial charge in [-0.3, -0.25) is 24.8 Å². The molecule has 32 heteroatoms. The van der Waals surface area contributed by atoms with Crippen LogP contribution in [0.25, 0.3) is 44.3 Å². The number of piperazine rings is 2. The number of methoxy groups -OCH3 is 2. The average molecular weight is 1920 g/mol. The van der Waals surface area contributed by atoms with Crippen molar-refractivity contribution >= 4 is 131 Å². The number of para-hydroxylation sites is 2. The van der Waals surface area contributed by atoms with Crippen LogP contribution in [-0.4, -0.2) is 229 Å². The van der Waals surface area contributed by atoms with E-state index in [1.165, 1.54) is 0 Å². The molecule has 2 amide bonds. The van der Waals surface area contributed by atoms with Gasteiger partial charge in [-0.2, -0.15) is 0 Å². The number of rotatable bonds is 19. The van der Waals surface area contributed by atoms with Gasteiger partial charge in [-0.15, -0.1) is 0 Å². The molecule has 20 rings (SSSR count). The first-order valence-electron chi connectivity index (χ1n) is 44.3. The summed E-state index contributed by atoms with van der Waals surface area (Å²) in [5, 5.41) is 18.5. The number of hydrogen-bond donors (Lipinski definition) is 7. The molecule has 2 saturated heterocycles. The van der Waals surface area contributed by atoms with Crippen LogP contribution in [0.1, 0.15) is 85.9 Å². The van der Waals surface area contributed by atoms with Gasteiger partial charge in [-0.25, -0.2) is 52.9 Å². The lowest BCUT2D eigenvalue weighted by molar-refractivity contribution is -0.124. The molecule has 0 spiro atoms.